The Morgan fingerprint density at radius 3 is 2.42 bits per heavy atom. The van der Waals surface area contributed by atoms with Gasteiger partial charge in [-0.25, -0.2) is 9.97 Å². The summed E-state index contributed by atoms with van der Waals surface area (Å²) in [6.45, 7) is 9.08. The van der Waals surface area contributed by atoms with Gasteiger partial charge in [0.25, 0.3) is 5.56 Å². The normalized spacial score (nSPS) is 18.4. The first-order valence-corrected chi connectivity index (χ1v) is 11.2. The predicted molar refractivity (Wildman–Crippen MR) is 121 cm³/mol. The van der Waals surface area contributed by atoms with Crippen molar-refractivity contribution in [2.45, 2.75) is 33.1 Å². The molecule has 8 heteroatoms. The average molecular weight is 425 g/mol. The maximum absolute atomic E-state index is 12.6. The Kier molecular flexibility index (Phi) is 6.36. The van der Waals surface area contributed by atoms with Crippen LogP contribution in [-0.2, 0) is 4.79 Å². The molecule has 2 fully saturated rings. The minimum atomic E-state index is -0.111. The summed E-state index contributed by atoms with van der Waals surface area (Å²) >= 11 is 0. The molecule has 0 radical (unpaired) electrons. The van der Waals surface area contributed by atoms with Gasteiger partial charge >= 0.3 is 0 Å². The molecule has 2 aromatic heterocycles. The summed E-state index contributed by atoms with van der Waals surface area (Å²) in [5, 5.41) is 0. The van der Waals surface area contributed by atoms with E-state index in [9.17, 15) is 9.59 Å². The predicted octanol–water partition coefficient (Wildman–Crippen LogP) is 1.83. The van der Waals surface area contributed by atoms with Gasteiger partial charge in [-0.15, -0.1) is 0 Å². The molecule has 2 aliphatic rings. The van der Waals surface area contributed by atoms with Crippen molar-refractivity contribution in [3.05, 3.63) is 39.9 Å². The number of nitrogens with zero attached hydrogens (tertiary/aromatic N) is 5. The molecule has 2 aromatic rings. The summed E-state index contributed by atoms with van der Waals surface area (Å²) in [6.07, 6.45) is 4.45. The number of nitrogens with one attached hydrogen (secondary N) is 1. The Morgan fingerprint density at radius 2 is 1.81 bits per heavy atom. The minimum absolute atomic E-state index is 0.111. The summed E-state index contributed by atoms with van der Waals surface area (Å²) in [5.74, 6) is 2.24. The van der Waals surface area contributed by atoms with Crippen molar-refractivity contribution in [2.75, 3.05) is 51.2 Å². The number of aryl methyl sites for hydroxylation is 1. The van der Waals surface area contributed by atoms with Gasteiger partial charge in [-0.1, -0.05) is 0 Å². The molecule has 4 rings (SSSR count). The summed E-state index contributed by atoms with van der Waals surface area (Å²) in [5.41, 5.74) is 2.06. The number of aromatic nitrogens is 3. The quantitative estimate of drug-likeness (QED) is 0.806. The van der Waals surface area contributed by atoms with E-state index in [1.54, 1.807) is 13.1 Å². The zero-order valence-electron chi connectivity index (χ0n) is 18.7. The van der Waals surface area contributed by atoms with Gasteiger partial charge in [0.2, 0.25) is 5.91 Å². The average Bonchev–Trinajstić information content (AvgIpc) is 2.78. The molecule has 0 bridgehead atoms. The molecule has 166 valence electrons. The lowest BCUT2D eigenvalue weighted by atomic mass is 9.93. The van der Waals surface area contributed by atoms with Crippen LogP contribution in [0.25, 0.3) is 11.4 Å². The SMILES string of the molecule is Cc1nc(-c2ccc(N3CCC(CC(=O)N4CCN(C)CC4)CC3)nc2)[nH]c(=O)c1C. The molecule has 0 atom stereocenters. The van der Waals surface area contributed by atoms with Crippen LogP contribution in [-0.4, -0.2) is 77.0 Å². The Bertz CT molecular complexity index is 971. The fourth-order valence-electron chi connectivity index (χ4n) is 4.29. The lowest BCUT2D eigenvalue weighted by Gasteiger charge is -2.35. The van der Waals surface area contributed by atoms with Gasteiger partial charge in [-0.2, -0.15) is 0 Å². The van der Waals surface area contributed by atoms with Crippen LogP contribution in [0.2, 0.25) is 0 Å². The van der Waals surface area contributed by atoms with Gasteiger partial charge in [0.1, 0.15) is 11.6 Å². The number of amides is 1. The molecular formula is C23H32N6O2. The van der Waals surface area contributed by atoms with E-state index < -0.39 is 0 Å². The maximum Gasteiger partial charge on any atom is 0.254 e. The molecule has 4 heterocycles. The highest BCUT2D eigenvalue weighted by atomic mass is 16.2. The van der Waals surface area contributed by atoms with Gasteiger partial charge in [-0.3, -0.25) is 9.59 Å². The molecule has 0 aromatic carbocycles. The van der Waals surface area contributed by atoms with Crippen molar-refractivity contribution >= 4 is 11.7 Å². The second kappa shape index (κ2) is 9.18. The summed E-state index contributed by atoms with van der Waals surface area (Å²) in [7, 11) is 2.11. The van der Waals surface area contributed by atoms with E-state index in [0.717, 1.165) is 69.2 Å². The highest BCUT2D eigenvalue weighted by Gasteiger charge is 2.26. The number of piperazine rings is 1. The van der Waals surface area contributed by atoms with Crippen LogP contribution < -0.4 is 10.5 Å². The standard InChI is InChI=1S/C23H32N6O2/c1-16-17(2)25-22(26-23(16)31)19-4-5-20(24-15-19)28-8-6-18(7-9-28)14-21(30)29-12-10-27(3)11-13-29/h4-5,15,18H,6-14H2,1-3H3,(H,25,26,31). The Balaban J connectivity index is 1.32. The molecular weight excluding hydrogens is 392 g/mol. The molecule has 8 nitrogen and oxygen atoms in total. The first-order chi connectivity index (χ1) is 14.9. The number of pyridine rings is 1. The van der Waals surface area contributed by atoms with Crippen molar-refractivity contribution in [3.63, 3.8) is 0 Å². The fourth-order valence-corrected chi connectivity index (χ4v) is 4.29. The van der Waals surface area contributed by atoms with Crippen LogP contribution in [0.4, 0.5) is 5.82 Å². The van der Waals surface area contributed by atoms with E-state index in [1.165, 1.54) is 0 Å². The number of anilines is 1. The first kappa shape index (κ1) is 21.5. The second-order valence-corrected chi connectivity index (χ2v) is 8.85. The van der Waals surface area contributed by atoms with Crippen LogP contribution >= 0.6 is 0 Å². The maximum atomic E-state index is 12.6. The molecule has 0 spiro atoms. The molecule has 0 saturated carbocycles. The van der Waals surface area contributed by atoms with E-state index in [4.69, 9.17) is 0 Å². The van der Waals surface area contributed by atoms with Gasteiger partial charge < -0.3 is 19.7 Å². The molecule has 31 heavy (non-hydrogen) atoms. The van der Waals surface area contributed by atoms with Gasteiger partial charge in [0, 0.05) is 68.7 Å². The minimum Gasteiger partial charge on any atom is -0.357 e. The van der Waals surface area contributed by atoms with Crippen LogP contribution in [0.1, 0.15) is 30.5 Å². The van der Waals surface area contributed by atoms with E-state index in [0.29, 0.717) is 29.6 Å². The second-order valence-electron chi connectivity index (χ2n) is 8.85. The number of likely N-dealkylation sites (N-methyl/N-ethyl adjacent to an activating group) is 1. The van der Waals surface area contributed by atoms with Crippen LogP contribution in [0.15, 0.2) is 23.1 Å². The third-order valence-corrected chi connectivity index (χ3v) is 6.67. The lowest BCUT2D eigenvalue weighted by molar-refractivity contribution is -0.133. The molecule has 0 aliphatic carbocycles. The smallest absolute Gasteiger partial charge is 0.254 e. The highest BCUT2D eigenvalue weighted by molar-refractivity contribution is 5.76. The number of aromatic amines is 1. The number of carbonyl (C=O) groups excluding carboxylic acids is 1. The van der Waals surface area contributed by atoms with Crippen LogP contribution in [0.5, 0.6) is 0 Å². The van der Waals surface area contributed by atoms with Gasteiger partial charge in [-0.05, 0) is 51.8 Å². The van der Waals surface area contributed by atoms with E-state index in [-0.39, 0.29) is 5.56 Å². The molecule has 2 saturated heterocycles. The third-order valence-electron chi connectivity index (χ3n) is 6.67. The van der Waals surface area contributed by atoms with Crippen LogP contribution in [0, 0.1) is 19.8 Å². The van der Waals surface area contributed by atoms with Gasteiger partial charge in [0.05, 0.1) is 0 Å². The van der Waals surface area contributed by atoms with Crippen molar-refractivity contribution in [3.8, 4) is 11.4 Å². The first-order valence-electron chi connectivity index (χ1n) is 11.2. The van der Waals surface area contributed by atoms with Crippen molar-refractivity contribution in [1.82, 2.24) is 24.8 Å². The van der Waals surface area contributed by atoms with E-state index >= 15 is 0 Å². The number of hydrogen-bond donors (Lipinski definition) is 1. The third kappa shape index (κ3) is 4.95. The topological polar surface area (TPSA) is 85.4 Å². The fraction of sp³-hybridized carbons (Fsp3) is 0.565. The van der Waals surface area contributed by atoms with E-state index in [1.807, 2.05) is 24.0 Å². The molecule has 2 aliphatic heterocycles. The van der Waals surface area contributed by atoms with Crippen molar-refractivity contribution in [2.24, 2.45) is 5.92 Å². The number of hydrogen-bond acceptors (Lipinski definition) is 6. The van der Waals surface area contributed by atoms with E-state index in [2.05, 4.69) is 31.8 Å². The molecule has 0 unspecified atom stereocenters. The zero-order valence-corrected chi connectivity index (χ0v) is 18.7. The Labute approximate surface area is 183 Å². The molecule has 1 amide bonds. The summed E-state index contributed by atoms with van der Waals surface area (Å²) in [6, 6.07) is 3.94. The number of H-pyrrole nitrogens is 1. The monoisotopic (exact) mass is 424 g/mol. The molecule has 1 N–H and O–H groups in total. The lowest BCUT2D eigenvalue weighted by Crippen LogP contribution is -2.47. The number of rotatable bonds is 4. The summed E-state index contributed by atoms with van der Waals surface area (Å²) < 4.78 is 0. The Morgan fingerprint density at radius 1 is 1.10 bits per heavy atom. The number of carbonyl (C=O) groups is 1. The zero-order chi connectivity index (χ0) is 22.0. The van der Waals surface area contributed by atoms with Gasteiger partial charge in [0.15, 0.2) is 0 Å². The summed E-state index contributed by atoms with van der Waals surface area (Å²) in [4.78, 5) is 43.1. The van der Waals surface area contributed by atoms with Crippen LogP contribution in [0.3, 0.4) is 0 Å². The Hall–Kier alpha value is -2.74. The largest absolute Gasteiger partial charge is 0.357 e. The van der Waals surface area contributed by atoms with Crippen molar-refractivity contribution < 1.29 is 4.79 Å². The number of piperidine rings is 1. The van der Waals surface area contributed by atoms with Crippen molar-refractivity contribution in [1.29, 1.82) is 0 Å². The highest BCUT2D eigenvalue weighted by Crippen LogP contribution is 2.26.